The highest BCUT2D eigenvalue weighted by atomic mass is 27.1. The minimum Gasteiger partial charge on any atom is -0.507 e. The van der Waals surface area contributed by atoms with Gasteiger partial charge < -0.3 is 3.79 Å². The summed E-state index contributed by atoms with van der Waals surface area (Å²) in [6.07, 6.45) is 1.22. The Bertz CT molecular complexity index is 54.9. The van der Waals surface area contributed by atoms with Crippen LogP contribution in [0.4, 0.5) is 0 Å². The molecule has 0 heterocycles. The highest BCUT2D eigenvalue weighted by molar-refractivity contribution is 6.26. The van der Waals surface area contributed by atoms with E-state index in [1.54, 1.807) is 0 Å². The van der Waals surface area contributed by atoms with Crippen LogP contribution < -0.4 is 0 Å². The molecule has 2 heteroatoms. The highest BCUT2D eigenvalue weighted by Crippen LogP contribution is 1.98. The summed E-state index contributed by atoms with van der Waals surface area (Å²) < 4.78 is 5.38. The standard InChI is InChI=1S/C5H11O.C2H5.Al/c1-5(2)3-4-6;1-2;/h5H,3-4H2,1-2H3;1H2,2H3;/q-1;;+1. The van der Waals surface area contributed by atoms with Gasteiger partial charge in [0.15, 0.2) is 0 Å². The third kappa shape index (κ3) is 8.49. The van der Waals surface area contributed by atoms with Crippen molar-refractivity contribution in [1.82, 2.24) is 0 Å². The van der Waals surface area contributed by atoms with Gasteiger partial charge in [0.1, 0.15) is 0 Å². The van der Waals surface area contributed by atoms with E-state index in [9.17, 15) is 0 Å². The maximum atomic E-state index is 5.38. The zero-order valence-electron chi connectivity index (χ0n) is 6.68. The molecule has 0 aliphatic rings. The molecular formula is C7H16AlO. The van der Waals surface area contributed by atoms with Crippen LogP contribution in [0.25, 0.3) is 0 Å². The first-order valence-corrected chi connectivity index (χ1v) is 4.99. The molecule has 0 amide bonds. The van der Waals surface area contributed by atoms with Gasteiger partial charge in [0.25, 0.3) is 0 Å². The molecule has 0 spiro atoms. The fourth-order valence-electron chi connectivity index (χ4n) is 0.505. The van der Waals surface area contributed by atoms with E-state index in [1.807, 2.05) is 0 Å². The van der Waals surface area contributed by atoms with Gasteiger partial charge in [-0.1, -0.05) is 26.1 Å². The Hall–Kier alpha value is 0.492. The molecule has 0 aromatic carbocycles. The fourth-order valence-corrected chi connectivity index (χ4v) is 1.04. The van der Waals surface area contributed by atoms with Crippen LogP contribution in [0, 0.1) is 5.92 Å². The highest BCUT2D eigenvalue weighted by Gasteiger charge is 1.93. The van der Waals surface area contributed by atoms with Crippen molar-refractivity contribution >= 4 is 15.6 Å². The molecule has 0 aliphatic carbocycles. The second-order valence-electron chi connectivity index (χ2n) is 2.63. The predicted octanol–water partition coefficient (Wildman–Crippen LogP) is 2.11. The van der Waals surface area contributed by atoms with Crippen LogP contribution in [0.15, 0.2) is 0 Å². The molecule has 0 saturated heterocycles. The summed E-state index contributed by atoms with van der Waals surface area (Å²) in [4.78, 5) is 0. The van der Waals surface area contributed by atoms with Gasteiger partial charge in [0.05, 0.1) is 0 Å². The summed E-state index contributed by atoms with van der Waals surface area (Å²) in [7, 11) is 0. The topological polar surface area (TPSA) is 9.23 Å². The zero-order chi connectivity index (χ0) is 7.11. The van der Waals surface area contributed by atoms with Crippen LogP contribution >= 0.6 is 0 Å². The largest absolute Gasteiger partial charge is 0.507 e. The van der Waals surface area contributed by atoms with Crippen LogP contribution in [-0.4, -0.2) is 22.2 Å². The second kappa shape index (κ2) is 6.61. The van der Waals surface area contributed by atoms with Gasteiger partial charge >= 0.3 is 15.6 Å². The lowest BCUT2D eigenvalue weighted by Gasteiger charge is -2.04. The smallest absolute Gasteiger partial charge is 0.423 e. The van der Waals surface area contributed by atoms with Gasteiger partial charge in [-0.25, -0.2) is 0 Å². The van der Waals surface area contributed by atoms with Crippen LogP contribution in [0.5, 0.6) is 0 Å². The monoisotopic (exact) mass is 143 g/mol. The Morgan fingerprint density at radius 1 is 1.44 bits per heavy atom. The van der Waals surface area contributed by atoms with E-state index in [0.717, 1.165) is 12.5 Å². The van der Waals surface area contributed by atoms with Crippen molar-refractivity contribution in [3.8, 4) is 0 Å². The molecule has 0 saturated carbocycles. The summed E-state index contributed by atoms with van der Waals surface area (Å²) in [6.45, 7) is 7.60. The molecule has 0 aromatic heterocycles. The van der Waals surface area contributed by atoms with Crippen molar-refractivity contribution in [1.29, 1.82) is 0 Å². The third-order valence-corrected chi connectivity index (χ3v) is 1.90. The summed E-state index contributed by atoms with van der Waals surface area (Å²) >= 11 is 0.297. The molecule has 0 bridgehead atoms. The van der Waals surface area contributed by atoms with Gasteiger partial charge in [-0.2, -0.15) is 0 Å². The Kier molecular flexibility index (Phi) is 6.97. The van der Waals surface area contributed by atoms with Gasteiger partial charge in [-0.05, 0) is 12.3 Å². The van der Waals surface area contributed by atoms with Crippen molar-refractivity contribution in [2.24, 2.45) is 5.92 Å². The van der Waals surface area contributed by atoms with Crippen LogP contribution in [0.3, 0.4) is 0 Å². The number of hydrogen-bond acceptors (Lipinski definition) is 1. The third-order valence-electron chi connectivity index (χ3n) is 1.10. The molecule has 0 rings (SSSR count). The quantitative estimate of drug-likeness (QED) is 0.423. The van der Waals surface area contributed by atoms with E-state index in [0.29, 0.717) is 15.6 Å². The zero-order valence-corrected chi connectivity index (χ0v) is 7.84. The molecule has 0 aliphatic heterocycles. The van der Waals surface area contributed by atoms with E-state index in [4.69, 9.17) is 3.79 Å². The first-order valence-electron chi connectivity index (χ1n) is 3.70. The summed E-state index contributed by atoms with van der Waals surface area (Å²) in [5, 5.41) is 1.22. The van der Waals surface area contributed by atoms with Crippen LogP contribution in [-0.2, 0) is 3.79 Å². The predicted molar refractivity (Wildman–Crippen MR) is 41.6 cm³/mol. The Morgan fingerprint density at radius 2 is 2.11 bits per heavy atom. The van der Waals surface area contributed by atoms with Gasteiger partial charge in [-0.3, -0.25) is 0 Å². The Morgan fingerprint density at radius 3 is 2.56 bits per heavy atom. The van der Waals surface area contributed by atoms with Crippen LogP contribution in [0.1, 0.15) is 27.2 Å². The normalized spacial score (nSPS) is 10.2. The average molecular weight is 143 g/mol. The molecule has 53 valence electrons. The Balaban J connectivity index is 2.75. The van der Waals surface area contributed by atoms with E-state index >= 15 is 0 Å². The van der Waals surface area contributed by atoms with Gasteiger partial charge in [-0.15, -0.1) is 0 Å². The fraction of sp³-hybridized carbons (Fsp3) is 1.00. The minimum absolute atomic E-state index is 0.297. The molecule has 1 radical (unpaired) electrons. The van der Waals surface area contributed by atoms with Crippen molar-refractivity contribution in [3.05, 3.63) is 0 Å². The lowest BCUT2D eigenvalue weighted by atomic mass is 10.2. The summed E-state index contributed by atoms with van der Waals surface area (Å²) in [6, 6.07) is 0. The first kappa shape index (κ1) is 9.49. The molecule has 0 fully saturated rings. The minimum atomic E-state index is 0.297. The number of hydrogen-bond donors (Lipinski definition) is 0. The summed E-state index contributed by atoms with van der Waals surface area (Å²) in [5.41, 5.74) is 0. The SMILES string of the molecule is C[CH2][Al][O]CCC(C)C. The Labute approximate surface area is 64.8 Å². The molecular weight excluding hydrogens is 127 g/mol. The van der Waals surface area contributed by atoms with Crippen molar-refractivity contribution in [3.63, 3.8) is 0 Å². The van der Waals surface area contributed by atoms with Crippen molar-refractivity contribution < 1.29 is 3.79 Å². The van der Waals surface area contributed by atoms with Crippen LogP contribution in [0.2, 0.25) is 5.28 Å². The van der Waals surface area contributed by atoms with E-state index in [-0.39, 0.29) is 0 Å². The average Bonchev–Trinajstić information content (AvgIpc) is 1.80. The number of rotatable bonds is 5. The van der Waals surface area contributed by atoms with Crippen molar-refractivity contribution in [2.45, 2.75) is 32.5 Å². The summed E-state index contributed by atoms with van der Waals surface area (Å²) in [5.74, 6) is 0.793. The molecule has 9 heavy (non-hydrogen) atoms. The van der Waals surface area contributed by atoms with Gasteiger partial charge in [0.2, 0.25) is 0 Å². The lowest BCUT2D eigenvalue weighted by molar-refractivity contribution is 0.304. The van der Waals surface area contributed by atoms with E-state index < -0.39 is 0 Å². The molecule has 0 unspecified atom stereocenters. The second-order valence-corrected chi connectivity index (χ2v) is 4.11. The molecule has 0 N–H and O–H groups in total. The van der Waals surface area contributed by atoms with Gasteiger partial charge in [0, 0.05) is 6.61 Å². The molecule has 0 atom stereocenters. The first-order chi connectivity index (χ1) is 4.27. The lowest BCUT2D eigenvalue weighted by Crippen LogP contribution is -2.01. The van der Waals surface area contributed by atoms with E-state index in [1.165, 1.54) is 11.7 Å². The molecule has 0 aromatic rings. The maximum absolute atomic E-state index is 5.38. The van der Waals surface area contributed by atoms with E-state index in [2.05, 4.69) is 20.8 Å². The van der Waals surface area contributed by atoms with Crippen molar-refractivity contribution in [2.75, 3.05) is 6.61 Å². The maximum Gasteiger partial charge on any atom is 0.423 e. The molecule has 1 nitrogen and oxygen atoms in total.